The van der Waals surface area contributed by atoms with E-state index in [1.807, 2.05) is 20.0 Å². The number of anilines is 1. The molecule has 0 bridgehead atoms. The summed E-state index contributed by atoms with van der Waals surface area (Å²) in [6, 6.07) is 1.82. The van der Waals surface area contributed by atoms with Gasteiger partial charge in [0.2, 0.25) is 0 Å². The SMILES string of the molecule is CCc1nc(NC)cc(-n2cc(Cl)cn2)n1. The van der Waals surface area contributed by atoms with E-state index in [0.717, 1.165) is 18.1 Å². The van der Waals surface area contributed by atoms with Crippen LogP contribution >= 0.6 is 11.6 Å². The number of aryl methyl sites for hydroxylation is 1. The predicted molar refractivity (Wildman–Crippen MR) is 63.1 cm³/mol. The van der Waals surface area contributed by atoms with Crippen LogP contribution in [0, 0.1) is 0 Å². The van der Waals surface area contributed by atoms with Crippen LogP contribution in [-0.4, -0.2) is 26.8 Å². The minimum absolute atomic E-state index is 0.586. The molecule has 0 aliphatic rings. The van der Waals surface area contributed by atoms with Gasteiger partial charge in [0, 0.05) is 19.5 Å². The number of halogens is 1. The van der Waals surface area contributed by atoms with Gasteiger partial charge in [0.1, 0.15) is 11.6 Å². The Hall–Kier alpha value is -1.62. The lowest BCUT2D eigenvalue weighted by atomic mass is 10.4. The van der Waals surface area contributed by atoms with Gasteiger partial charge in [-0.2, -0.15) is 5.10 Å². The molecule has 0 atom stereocenters. The Kier molecular flexibility index (Phi) is 3.05. The second kappa shape index (κ2) is 4.49. The Morgan fingerprint density at radius 1 is 1.44 bits per heavy atom. The van der Waals surface area contributed by atoms with Crippen LogP contribution in [0.4, 0.5) is 5.82 Å². The van der Waals surface area contributed by atoms with Crippen molar-refractivity contribution >= 4 is 17.4 Å². The Balaban J connectivity index is 2.47. The van der Waals surface area contributed by atoms with Gasteiger partial charge in [-0.15, -0.1) is 0 Å². The van der Waals surface area contributed by atoms with E-state index in [-0.39, 0.29) is 0 Å². The molecule has 2 heterocycles. The van der Waals surface area contributed by atoms with E-state index in [1.165, 1.54) is 0 Å². The molecule has 5 nitrogen and oxygen atoms in total. The molecule has 2 aromatic heterocycles. The minimum atomic E-state index is 0.586. The third-order valence-corrected chi connectivity index (χ3v) is 2.31. The van der Waals surface area contributed by atoms with Gasteiger partial charge in [0.25, 0.3) is 0 Å². The Morgan fingerprint density at radius 2 is 2.25 bits per heavy atom. The summed E-state index contributed by atoms with van der Waals surface area (Å²) in [6.07, 6.45) is 4.06. The molecule has 0 aliphatic carbocycles. The molecule has 0 saturated heterocycles. The molecular formula is C10H12ClN5. The molecule has 6 heteroatoms. The van der Waals surface area contributed by atoms with E-state index in [9.17, 15) is 0 Å². The molecule has 0 aliphatic heterocycles. The molecule has 0 aromatic carbocycles. The molecule has 0 amide bonds. The number of hydrogen-bond acceptors (Lipinski definition) is 4. The van der Waals surface area contributed by atoms with Crippen molar-refractivity contribution in [1.82, 2.24) is 19.7 Å². The highest BCUT2D eigenvalue weighted by atomic mass is 35.5. The van der Waals surface area contributed by atoms with Gasteiger partial charge in [0.05, 0.1) is 17.4 Å². The maximum Gasteiger partial charge on any atom is 0.159 e. The smallest absolute Gasteiger partial charge is 0.159 e. The van der Waals surface area contributed by atoms with Crippen molar-refractivity contribution in [2.24, 2.45) is 0 Å². The van der Waals surface area contributed by atoms with Gasteiger partial charge in [-0.1, -0.05) is 18.5 Å². The molecule has 0 spiro atoms. The van der Waals surface area contributed by atoms with Crippen molar-refractivity contribution in [3.8, 4) is 5.82 Å². The number of nitrogens with zero attached hydrogens (tertiary/aromatic N) is 4. The fraction of sp³-hybridized carbons (Fsp3) is 0.300. The third kappa shape index (κ3) is 2.14. The number of hydrogen-bond donors (Lipinski definition) is 1. The molecule has 84 valence electrons. The van der Waals surface area contributed by atoms with Crippen LogP contribution in [-0.2, 0) is 6.42 Å². The first-order valence-corrected chi connectivity index (χ1v) is 5.37. The van der Waals surface area contributed by atoms with Crippen LogP contribution in [0.3, 0.4) is 0 Å². The van der Waals surface area contributed by atoms with E-state index in [4.69, 9.17) is 11.6 Å². The van der Waals surface area contributed by atoms with Crippen molar-refractivity contribution in [2.45, 2.75) is 13.3 Å². The highest BCUT2D eigenvalue weighted by Gasteiger charge is 2.05. The average Bonchev–Trinajstić information content (AvgIpc) is 2.75. The summed E-state index contributed by atoms with van der Waals surface area (Å²) in [7, 11) is 1.82. The number of rotatable bonds is 3. The zero-order valence-electron chi connectivity index (χ0n) is 9.11. The average molecular weight is 238 g/mol. The first kappa shape index (κ1) is 10.9. The van der Waals surface area contributed by atoms with Crippen molar-refractivity contribution < 1.29 is 0 Å². The van der Waals surface area contributed by atoms with Crippen LogP contribution < -0.4 is 5.32 Å². The number of aromatic nitrogens is 4. The summed E-state index contributed by atoms with van der Waals surface area (Å²) in [4.78, 5) is 8.68. The highest BCUT2D eigenvalue weighted by molar-refractivity contribution is 6.30. The molecular weight excluding hydrogens is 226 g/mol. The molecule has 0 radical (unpaired) electrons. The van der Waals surface area contributed by atoms with Crippen LogP contribution in [0.15, 0.2) is 18.5 Å². The second-order valence-electron chi connectivity index (χ2n) is 3.23. The standard InChI is InChI=1S/C10H12ClN5/c1-3-8-14-9(12-2)4-10(15-8)16-6-7(11)5-13-16/h4-6H,3H2,1-2H3,(H,12,14,15). The quantitative estimate of drug-likeness (QED) is 0.886. The molecule has 0 unspecified atom stereocenters. The maximum atomic E-state index is 5.82. The lowest BCUT2D eigenvalue weighted by Gasteiger charge is -2.06. The normalized spacial score (nSPS) is 10.4. The van der Waals surface area contributed by atoms with Crippen molar-refractivity contribution in [3.05, 3.63) is 29.3 Å². The molecule has 0 saturated carbocycles. The molecule has 16 heavy (non-hydrogen) atoms. The number of nitrogens with one attached hydrogen (secondary N) is 1. The van der Waals surface area contributed by atoms with Crippen LogP contribution in [0.1, 0.15) is 12.7 Å². The summed E-state index contributed by atoms with van der Waals surface area (Å²) < 4.78 is 1.63. The summed E-state index contributed by atoms with van der Waals surface area (Å²) in [6.45, 7) is 2.01. The molecule has 2 aromatic rings. The molecule has 2 rings (SSSR count). The van der Waals surface area contributed by atoms with Gasteiger partial charge in [-0.05, 0) is 0 Å². The van der Waals surface area contributed by atoms with Crippen LogP contribution in [0.5, 0.6) is 0 Å². The predicted octanol–water partition coefficient (Wildman–Crippen LogP) is 1.92. The lowest BCUT2D eigenvalue weighted by Crippen LogP contribution is -2.05. The van der Waals surface area contributed by atoms with Crippen LogP contribution in [0.2, 0.25) is 5.02 Å². The second-order valence-corrected chi connectivity index (χ2v) is 3.67. The van der Waals surface area contributed by atoms with Gasteiger partial charge in [-0.25, -0.2) is 14.6 Å². The Bertz CT molecular complexity index is 471. The van der Waals surface area contributed by atoms with Crippen LogP contribution in [0.25, 0.3) is 5.82 Å². The van der Waals surface area contributed by atoms with E-state index < -0.39 is 0 Å². The van der Waals surface area contributed by atoms with Gasteiger partial charge in [0.15, 0.2) is 5.82 Å². The van der Waals surface area contributed by atoms with Crippen molar-refractivity contribution in [3.63, 3.8) is 0 Å². The van der Waals surface area contributed by atoms with E-state index >= 15 is 0 Å². The zero-order chi connectivity index (χ0) is 11.5. The van der Waals surface area contributed by atoms with E-state index in [1.54, 1.807) is 17.1 Å². The minimum Gasteiger partial charge on any atom is -0.373 e. The van der Waals surface area contributed by atoms with Crippen molar-refractivity contribution in [2.75, 3.05) is 12.4 Å². The van der Waals surface area contributed by atoms with E-state index in [0.29, 0.717) is 10.8 Å². The lowest BCUT2D eigenvalue weighted by molar-refractivity contribution is 0.814. The fourth-order valence-electron chi connectivity index (χ4n) is 1.31. The van der Waals surface area contributed by atoms with Gasteiger partial charge in [-0.3, -0.25) is 0 Å². The van der Waals surface area contributed by atoms with E-state index in [2.05, 4.69) is 20.4 Å². The highest BCUT2D eigenvalue weighted by Crippen LogP contribution is 2.13. The Morgan fingerprint density at radius 3 is 2.81 bits per heavy atom. The van der Waals surface area contributed by atoms with Gasteiger partial charge < -0.3 is 5.32 Å². The van der Waals surface area contributed by atoms with Crippen molar-refractivity contribution in [1.29, 1.82) is 0 Å². The zero-order valence-corrected chi connectivity index (χ0v) is 9.86. The fourth-order valence-corrected chi connectivity index (χ4v) is 1.45. The summed E-state index contributed by atoms with van der Waals surface area (Å²) in [5.41, 5.74) is 0. The third-order valence-electron chi connectivity index (χ3n) is 2.12. The monoisotopic (exact) mass is 237 g/mol. The summed E-state index contributed by atoms with van der Waals surface area (Å²) in [5, 5.41) is 7.68. The summed E-state index contributed by atoms with van der Waals surface area (Å²) >= 11 is 5.82. The largest absolute Gasteiger partial charge is 0.373 e. The first-order chi connectivity index (χ1) is 7.72. The molecule has 1 N–H and O–H groups in total. The molecule has 0 fully saturated rings. The summed E-state index contributed by atoms with van der Waals surface area (Å²) in [5.74, 6) is 2.25. The first-order valence-electron chi connectivity index (χ1n) is 4.99. The van der Waals surface area contributed by atoms with Gasteiger partial charge >= 0.3 is 0 Å². The topological polar surface area (TPSA) is 55.6 Å². The Labute approximate surface area is 98.5 Å². The maximum absolute atomic E-state index is 5.82.